The maximum Gasteiger partial charge on any atom is 0.134 e. The molecule has 0 amide bonds. The van der Waals surface area contributed by atoms with Crippen LogP contribution in [0, 0.1) is 0 Å². The van der Waals surface area contributed by atoms with Gasteiger partial charge in [0.15, 0.2) is 0 Å². The number of fused-ring (bicyclic) bond motifs is 1. The van der Waals surface area contributed by atoms with E-state index in [4.69, 9.17) is 0 Å². The molecule has 0 unspecified atom stereocenters. The van der Waals surface area contributed by atoms with Crippen molar-refractivity contribution in [2.45, 2.75) is 32.2 Å². The minimum atomic E-state index is 0.0242. The first kappa shape index (κ1) is 17.5. The molecule has 1 aliphatic rings. The maximum atomic E-state index is 4.51. The highest BCUT2D eigenvalue weighted by Gasteiger charge is 2.21. The number of hydrogen-bond donors (Lipinski definition) is 1. The standard InChI is InChI=1S/C23H26N4/c1-23(2,20-10-4-3-5-11-20)16-24-21-14-22(26-17-25-21)27-13-12-18-8-6-7-9-19(18)15-27/h3-11,14,17H,12-13,15-16H2,1-2H3,(H,24,25,26). The summed E-state index contributed by atoms with van der Waals surface area (Å²) < 4.78 is 0. The van der Waals surface area contributed by atoms with Crippen molar-refractivity contribution in [1.29, 1.82) is 0 Å². The molecular weight excluding hydrogens is 332 g/mol. The lowest BCUT2D eigenvalue weighted by atomic mass is 9.85. The second-order valence-corrected chi connectivity index (χ2v) is 7.81. The summed E-state index contributed by atoms with van der Waals surface area (Å²) >= 11 is 0. The lowest BCUT2D eigenvalue weighted by Crippen LogP contribution is -2.31. The van der Waals surface area contributed by atoms with Gasteiger partial charge in [0.25, 0.3) is 0 Å². The third kappa shape index (κ3) is 3.95. The number of benzene rings is 2. The quantitative estimate of drug-likeness (QED) is 0.733. The summed E-state index contributed by atoms with van der Waals surface area (Å²) in [6, 6.07) is 21.3. The lowest BCUT2D eigenvalue weighted by molar-refractivity contribution is 0.556. The molecule has 4 nitrogen and oxygen atoms in total. The molecular formula is C23H26N4. The van der Waals surface area contributed by atoms with Crippen LogP contribution in [0.5, 0.6) is 0 Å². The summed E-state index contributed by atoms with van der Waals surface area (Å²) in [4.78, 5) is 11.3. The second-order valence-electron chi connectivity index (χ2n) is 7.81. The van der Waals surface area contributed by atoms with Gasteiger partial charge in [-0.2, -0.15) is 0 Å². The highest BCUT2D eigenvalue weighted by molar-refractivity contribution is 5.51. The van der Waals surface area contributed by atoms with E-state index in [1.54, 1.807) is 6.33 Å². The Kier molecular flexibility index (Phi) is 4.80. The van der Waals surface area contributed by atoms with Crippen molar-refractivity contribution in [3.8, 4) is 0 Å². The molecule has 0 saturated carbocycles. The van der Waals surface area contributed by atoms with Crippen molar-refractivity contribution < 1.29 is 0 Å². The molecule has 0 saturated heterocycles. The number of hydrogen-bond acceptors (Lipinski definition) is 4. The summed E-state index contributed by atoms with van der Waals surface area (Å²) in [6.07, 6.45) is 2.72. The van der Waals surface area contributed by atoms with E-state index in [2.05, 4.69) is 94.7 Å². The Morgan fingerprint density at radius 3 is 2.52 bits per heavy atom. The second kappa shape index (κ2) is 7.39. The van der Waals surface area contributed by atoms with Crippen LogP contribution in [-0.2, 0) is 18.4 Å². The van der Waals surface area contributed by atoms with E-state index < -0.39 is 0 Å². The molecule has 27 heavy (non-hydrogen) atoms. The minimum absolute atomic E-state index is 0.0242. The molecule has 0 fully saturated rings. The molecule has 138 valence electrons. The average Bonchev–Trinajstić information content (AvgIpc) is 2.73. The molecule has 1 N–H and O–H groups in total. The van der Waals surface area contributed by atoms with Gasteiger partial charge in [-0.05, 0) is 23.1 Å². The Hall–Kier alpha value is -2.88. The van der Waals surface area contributed by atoms with Crippen molar-refractivity contribution >= 4 is 11.6 Å². The van der Waals surface area contributed by atoms with Crippen LogP contribution in [0.25, 0.3) is 0 Å². The minimum Gasteiger partial charge on any atom is -0.369 e. The molecule has 4 rings (SSSR count). The summed E-state index contributed by atoms with van der Waals surface area (Å²) in [5.74, 6) is 1.86. The van der Waals surface area contributed by atoms with E-state index in [-0.39, 0.29) is 5.41 Å². The predicted octanol–water partition coefficient (Wildman–Crippen LogP) is 4.43. The van der Waals surface area contributed by atoms with Gasteiger partial charge < -0.3 is 10.2 Å². The van der Waals surface area contributed by atoms with Crippen LogP contribution < -0.4 is 10.2 Å². The predicted molar refractivity (Wildman–Crippen MR) is 111 cm³/mol. The van der Waals surface area contributed by atoms with Crippen molar-refractivity contribution in [3.63, 3.8) is 0 Å². The molecule has 3 aromatic rings. The molecule has 1 aromatic heterocycles. The number of nitrogens with one attached hydrogen (secondary N) is 1. The first-order valence-corrected chi connectivity index (χ1v) is 9.55. The number of anilines is 2. The van der Waals surface area contributed by atoms with Gasteiger partial charge in [0.1, 0.15) is 18.0 Å². The molecule has 0 atom stereocenters. The van der Waals surface area contributed by atoms with E-state index in [1.807, 2.05) is 0 Å². The topological polar surface area (TPSA) is 41.0 Å². The van der Waals surface area contributed by atoms with Crippen LogP contribution in [0.1, 0.15) is 30.5 Å². The van der Waals surface area contributed by atoms with Crippen LogP contribution in [0.2, 0.25) is 0 Å². The Balaban J connectivity index is 1.46. The highest BCUT2D eigenvalue weighted by Crippen LogP contribution is 2.26. The van der Waals surface area contributed by atoms with Gasteiger partial charge in [-0.1, -0.05) is 68.4 Å². The first-order valence-electron chi connectivity index (χ1n) is 9.55. The van der Waals surface area contributed by atoms with Gasteiger partial charge in [-0.15, -0.1) is 0 Å². The van der Waals surface area contributed by atoms with Gasteiger partial charge >= 0.3 is 0 Å². The highest BCUT2D eigenvalue weighted by atomic mass is 15.2. The summed E-state index contributed by atoms with van der Waals surface area (Å²) in [6.45, 7) is 7.21. The fourth-order valence-corrected chi connectivity index (χ4v) is 3.61. The molecule has 2 aromatic carbocycles. The fourth-order valence-electron chi connectivity index (χ4n) is 3.61. The molecule has 4 heteroatoms. The van der Waals surface area contributed by atoms with E-state index in [0.29, 0.717) is 0 Å². The van der Waals surface area contributed by atoms with Gasteiger partial charge in [0.2, 0.25) is 0 Å². The SMILES string of the molecule is CC(C)(CNc1cc(N2CCc3ccccc3C2)ncn1)c1ccccc1. The number of rotatable bonds is 5. The normalized spacial score (nSPS) is 13.9. The smallest absolute Gasteiger partial charge is 0.134 e. The number of nitrogens with zero attached hydrogens (tertiary/aromatic N) is 3. The van der Waals surface area contributed by atoms with Crippen molar-refractivity contribution in [2.75, 3.05) is 23.3 Å². The Morgan fingerprint density at radius 2 is 1.70 bits per heavy atom. The zero-order chi connectivity index (χ0) is 18.7. The molecule has 0 bridgehead atoms. The van der Waals surface area contributed by atoms with Gasteiger partial charge in [-0.25, -0.2) is 9.97 Å². The first-order chi connectivity index (χ1) is 13.1. The zero-order valence-corrected chi connectivity index (χ0v) is 16.0. The van der Waals surface area contributed by atoms with Crippen molar-refractivity contribution in [2.24, 2.45) is 0 Å². The molecule has 0 aliphatic carbocycles. The third-order valence-corrected chi connectivity index (χ3v) is 5.37. The van der Waals surface area contributed by atoms with Crippen LogP contribution >= 0.6 is 0 Å². The monoisotopic (exact) mass is 358 g/mol. The summed E-state index contributed by atoms with van der Waals surface area (Å²) in [7, 11) is 0. The molecule has 0 spiro atoms. The maximum absolute atomic E-state index is 4.51. The molecule has 1 aliphatic heterocycles. The molecule has 0 radical (unpaired) electrons. The lowest BCUT2D eigenvalue weighted by Gasteiger charge is -2.30. The third-order valence-electron chi connectivity index (χ3n) is 5.37. The Labute approximate surface area is 161 Å². The van der Waals surface area contributed by atoms with Gasteiger partial charge in [0, 0.05) is 31.1 Å². The zero-order valence-electron chi connectivity index (χ0n) is 16.0. The summed E-state index contributed by atoms with van der Waals surface area (Å²) in [5.41, 5.74) is 4.18. The van der Waals surface area contributed by atoms with E-state index in [9.17, 15) is 0 Å². The fraction of sp³-hybridized carbons (Fsp3) is 0.304. The van der Waals surface area contributed by atoms with Crippen LogP contribution in [0.3, 0.4) is 0 Å². The Morgan fingerprint density at radius 1 is 0.963 bits per heavy atom. The van der Waals surface area contributed by atoms with Crippen molar-refractivity contribution in [3.05, 3.63) is 83.7 Å². The molecule has 2 heterocycles. The average molecular weight is 358 g/mol. The van der Waals surface area contributed by atoms with E-state index in [0.717, 1.165) is 37.7 Å². The summed E-state index contributed by atoms with van der Waals surface area (Å²) in [5, 5.41) is 3.50. The Bertz CT molecular complexity index is 905. The number of aromatic nitrogens is 2. The largest absolute Gasteiger partial charge is 0.369 e. The van der Waals surface area contributed by atoms with Crippen LogP contribution in [0.15, 0.2) is 67.0 Å². The van der Waals surface area contributed by atoms with Gasteiger partial charge in [-0.3, -0.25) is 0 Å². The van der Waals surface area contributed by atoms with E-state index in [1.165, 1.54) is 16.7 Å². The van der Waals surface area contributed by atoms with Gasteiger partial charge in [0.05, 0.1) is 0 Å². The van der Waals surface area contributed by atoms with Crippen molar-refractivity contribution in [1.82, 2.24) is 9.97 Å². The van der Waals surface area contributed by atoms with Crippen LogP contribution in [0.4, 0.5) is 11.6 Å². The van der Waals surface area contributed by atoms with Crippen LogP contribution in [-0.4, -0.2) is 23.1 Å². The van der Waals surface area contributed by atoms with E-state index >= 15 is 0 Å².